The Balaban J connectivity index is 1.29. The fraction of sp³-hybridized carbons (Fsp3) is 0.311. The molecule has 6 nitrogen and oxygen atoms in total. The highest BCUT2D eigenvalue weighted by molar-refractivity contribution is 6.30. The Morgan fingerprint density at radius 3 is 2.29 bits per heavy atom. The molecule has 0 saturated heterocycles. The van der Waals surface area contributed by atoms with E-state index in [9.17, 15) is 4.79 Å². The molecular formula is C45H47ClN2O4. The second kappa shape index (κ2) is 15.7. The van der Waals surface area contributed by atoms with E-state index in [0.717, 1.165) is 76.6 Å². The zero-order valence-electron chi connectivity index (χ0n) is 30.3. The summed E-state index contributed by atoms with van der Waals surface area (Å²) in [6.45, 7) is 8.04. The van der Waals surface area contributed by atoms with Crippen molar-refractivity contribution in [2.45, 2.75) is 77.7 Å². The Kier molecular flexibility index (Phi) is 10.7. The number of rotatable bonds is 15. The number of halogens is 1. The number of carbonyl (C=O) groups is 1. The molecule has 5 aromatic carbocycles. The van der Waals surface area contributed by atoms with E-state index in [1.165, 1.54) is 32.1 Å². The number of unbranched alkanes of at least 4 members (excludes halogenated alkanes) is 6. The van der Waals surface area contributed by atoms with Crippen LogP contribution in [0.15, 0.2) is 103 Å². The van der Waals surface area contributed by atoms with Crippen LogP contribution in [0, 0.1) is 6.92 Å². The van der Waals surface area contributed by atoms with Crippen molar-refractivity contribution in [3.8, 4) is 17.2 Å². The summed E-state index contributed by atoms with van der Waals surface area (Å²) in [6, 6.07) is 34.1. The predicted molar refractivity (Wildman–Crippen MR) is 211 cm³/mol. The summed E-state index contributed by atoms with van der Waals surface area (Å²) >= 11 is 6.32. The summed E-state index contributed by atoms with van der Waals surface area (Å²) in [6.07, 6.45) is 9.38. The number of carbonyl (C=O) groups excluding carboxylic acids is 1. The first-order chi connectivity index (χ1) is 25.4. The van der Waals surface area contributed by atoms with Crippen LogP contribution in [0.4, 0.5) is 22.7 Å². The number of hydrogen-bond acceptors (Lipinski definition) is 6. The third-order valence-corrected chi connectivity index (χ3v) is 10.3. The summed E-state index contributed by atoms with van der Waals surface area (Å²) in [4.78, 5) is 16.0. The molecule has 1 atom stereocenters. The van der Waals surface area contributed by atoms with Crippen LogP contribution < -0.4 is 19.7 Å². The van der Waals surface area contributed by atoms with E-state index in [1.807, 2.05) is 67.6 Å². The van der Waals surface area contributed by atoms with E-state index < -0.39 is 5.60 Å². The van der Waals surface area contributed by atoms with Crippen molar-refractivity contribution in [2.75, 3.05) is 23.4 Å². The van der Waals surface area contributed by atoms with Gasteiger partial charge < -0.3 is 24.4 Å². The molecule has 2 aliphatic heterocycles. The third kappa shape index (κ3) is 7.09. The van der Waals surface area contributed by atoms with Crippen LogP contribution in [-0.4, -0.2) is 19.1 Å². The lowest BCUT2D eigenvalue weighted by atomic mass is 9.77. The molecule has 0 fully saturated rings. The van der Waals surface area contributed by atoms with E-state index in [2.05, 4.69) is 66.5 Å². The Bertz CT molecular complexity index is 2040. The van der Waals surface area contributed by atoms with Gasteiger partial charge in [0.1, 0.15) is 17.2 Å². The van der Waals surface area contributed by atoms with Crippen LogP contribution in [0.2, 0.25) is 5.02 Å². The number of hydrogen-bond donors (Lipinski definition) is 1. The highest BCUT2D eigenvalue weighted by Crippen LogP contribution is 2.57. The molecule has 52 heavy (non-hydrogen) atoms. The van der Waals surface area contributed by atoms with Gasteiger partial charge in [-0.05, 0) is 98.1 Å². The molecule has 7 rings (SSSR count). The minimum atomic E-state index is -1.19. The summed E-state index contributed by atoms with van der Waals surface area (Å²) < 4.78 is 19.3. The van der Waals surface area contributed by atoms with Crippen molar-refractivity contribution in [1.29, 1.82) is 0 Å². The lowest BCUT2D eigenvalue weighted by molar-refractivity contribution is 0.0224. The summed E-state index contributed by atoms with van der Waals surface area (Å²) in [5.74, 6) is 1.84. The highest BCUT2D eigenvalue weighted by atomic mass is 35.5. The van der Waals surface area contributed by atoms with Crippen LogP contribution in [0.25, 0.3) is 0 Å². The molecule has 0 aromatic heterocycles. The monoisotopic (exact) mass is 714 g/mol. The van der Waals surface area contributed by atoms with E-state index in [1.54, 1.807) is 0 Å². The van der Waals surface area contributed by atoms with Gasteiger partial charge in [0.05, 0.1) is 12.2 Å². The predicted octanol–water partition coefficient (Wildman–Crippen LogP) is 12.6. The number of nitrogens with one attached hydrogen (secondary N) is 1. The molecule has 0 bridgehead atoms. The quantitative estimate of drug-likeness (QED) is 0.0860. The molecule has 1 spiro atoms. The Morgan fingerprint density at radius 2 is 1.48 bits per heavy atom. The molecule has 0 saturated carbocycles. The Morgan fingerprint density at radius 1 is 0.731 bits per heavy atom. The number of esters is 1. The zero-order chi connectivity index (χ0) is 36.1. The van der Waals surface area contributed by atoms with E-state index >= 15 is 0 Å². The van der Waals surface area contributed by atoms with Crippen LogP contribution >= 0.6 is 11.6 Å². The third-order valence-electron chi connectivity index (χ3n) is 10.1. The van der Waals surface area contributed by atoms with E-state index in [-0.39, 0.29) is 5.97 Å². The topological polar surface area (TPSA) is 60.0 Å². The summed E-state index contributed by atoms with van der Waals surface area (Å²) in [5.41, 5.74) is 6.55. The Hall–Kier alpha value is -4.94. The zero-order valence-corrected chi connectivity index (χ0v) is 31.1. The molecule has 7 heteroatoms. The maximum Gasteiger partial charge on any atom is 0.340 e. The van der Waals surface area contributed by atoms with Crippen LogP contribution in [-0.2, 0) is 10.3 Å². The molecular weight excluding hydrogens is 668 g/mol. The number of benzene rings is 5. The first kappa shape index (κ1) is 35.5. The van der Waals surface area contributed by atoms with Crippen molar-refractivity contribution >= 4 is 40.3 Å². The van der Waals surface area contributed by atoms with Crippen LogP contribution in [0.3, 0.4) is 0 Å². The van der Waals surface area contributed by atoms with E-state index in [4.69, 9.17) is 25.8 Å². The fourth-order valence-corrected chi connectivity index (χ4v) is 7.54. The smallest absolute Gasteiger partial charge is 0.340 e. The van der Waals surface area contributed by atoms with Crippen molar-refractivity contribution in [3.05, 3.63) is 136 Å². The summed E-state index contributed by atoms with van der Waals surface area (Å²) in [7, 11) is 0. The largest absolute Gasteiger partial charge is 0.494 e. The van der Waals surface area contributed by atoms with Crippen LogP contribution in [0.1, 0.15) is 97.8 Å². The molecule has 5 aromatic rings. The maximum absolute atomic E-state index is 13.6. The van der Waals surface area contributed by atoms with E-state index in [0.29, 0.717) is 28.7 Å². The van der Waals surface area contributed by atoms with Crippen molar-refractivity contribution in [1.82, 2.24) is 0 Å². The number of anilines is 4. The molecule has 1 unspecified atom stereocenters. The minimum Gasteiger partial charge on any atom is -0.494 e. The minimum absolute atomic E-state index is 0.352. The molecule has 2 heterocycles. The van der Waals surface area contributed by atoms with Gasteiger partial charge in [-0.1, -0.05) is 88.2 Å². The SMILES string of the molecule is CCCCCCCCN(c1ccc(OCCCC)cc1)c1ccc2c(c1)Oc1cc(C)c(Nc3cccc(Cl)c3)cc1C21OC(=O)c2ccccc21. The fourth-order valence-electron chi connectivity index (χ4n) is 7.35. The molecule has 0 amide bonds. The van der Waals surface area contributed by atoms with Gasteiger partial charge >= 0.3 is 5.97 Å². The second-order valence-electron chi connectivity index (χ2n) is 13.8. The first-order valence-corrected chi connectivity index (χ1v) is 19.1. The number of nitrogens with zero attached hydrogens (tertiary/aromatic N) is 1. The van der Waals surface area contributed by atoms with Gasteiger partial charge in [0.15, 0.2) is 5.60 Å². The number of aryl methyl sites for hydroxylation is 1. The molecule has 0 aliphatic carbocycles. The molecule has 268 valence electrons. The molecule has 0 radical (unpaired) electrons. The normalized spacial score (nSPS) is 15.3. The molecule has 2 aliphatic rings. The second-order valence-corrected chi connectivity index (χ2v) is 14.2. The Labute approximate surface area is 312 Å². The average Bonchev–Trinajstić information content (AvgIpc) is 3.44. The van der Waals surface area contributed by atoms with Gasteiger partial charge in [-0.25, -0.2) is 4.79 Å². The van der Waals surface area contributed by atoms with Crippen LogP contribution in [0.5, 0.6) is 17.2 Å². The van der Waals surface area contributed by atoms with Crippen molar-refractivity contribution in [2.24, 2.45) is 0 Å². The molecule has 1 N–H and O–H groups in total. The highest BCUT2D eigenvalue weighted by Gasteiger charge is 2.53. The number of ether oxygens (including phenoxy) is 3. The lowest BCUT2D eigenvalue weighted by Crippen LogP contribution is -2.33. The van der Waals surface area contributed by atoms with Gasteiger partial charge in [-0.2, -0.15) is 0 Å². The van der Waals surface area contributed by atoms with Gasteiger partial charge in [0, 0.05) is 57.1 Å². The first-order valence-electron chi connectivity index (χ1n) is 18.7. The maximum atomic E-state index is 13.6. The average molecular weight is 715 g/mol. The van der Waals surface area contributed by atoms with Gasteiger partial charge in [0.25, 0.3) is 0 Å². The summed E-state index contributed by atoms with van der Waals surface area (Å²) in [5, 5.41) is 4.17. The van der Waals surface area contributed by atoms with Crippen molar-refractivity contribution in [3.63, 3.8) is 0 Å². The van der Waals surface area contributed by atoms with Gasteiger partial charge in [-0.15, -0.1) is 0 Å². The standard InChI is InChI=1S/C45H47ClN2O4/c1-4-6-8-9-10-13-25-48(34-19-22-36(23-20-34)50-26-7-5-2)35-21-24-39-43(29-35)51-42-27-31(3)41(47-33-16-14-15-32(46)28-33)30-40(42)45(39)38-18-12-11-17-37(38)44(49)52-45/h11-12,14-24,27-30,47H,4-10,13,25-26H2,1-3H3. The lowest BCUT2D eigenvalue weighted by Gasteiger charge is -2.38. The van der Waals surface area contributed by atoms with Crippen molar-refractivity contribution < 1.29 is 19.0 Å². The number of fused-ring (bicyclic) bond motifs is 6. The van der Waals surface area contributed by atoms with Gasteiger partial charge in [-0.3, -0.25) is 0 Å². The van der Waals surface area contributed by atoms with Gasteiger partial charge in [0.2, 0.25) is 0 Å².